The van der Waals surface area contributed by atoms with Crippen LogP contribution >= 0.6 is 0 Å². The van der Waals surface area contributed by atoms with Crippen LogP contribution in [0.25, 0.3) is 0 Å². The lowest BCUT2D eigenvalue weighted by Gasteiger charge is -2.31. The van der Waals surface area contributed by atoms with Crippen molar-refractivity contribution in [3.05, 3.63) is 71.5 Å². The van der Waals surface area contributed by atoms with Gasteiger partial charge in [0.05, 0.1) is 6.10 Å². The minimum absolute atomic E-state index is 0.112. The topological polar surface area (TPSA) is 45.7 Å². The largest absolute Gasteiger partial charge is 0.373 e. The van der Waals surface area contributed by atoms with E-state index in [1.807, 2.05) is 18.2 Å². The third kappa shape index (κ3) is 6.06. The monoisotopic (exact) mass is 383 g/mol. The van der Waals surface area contributed by atoms with Crippen LogP contribution in [0.15, 0.2) is 59.6 Å². The van der Waals surface area contributed by atoms with Gasteiger partial charge in [0, 0.05) is 32.2 Å². The first-order valence-electron chi connectivity index (χ1n) is 10.2. The number of benzene rings is 2. The molecule has 2 N–H and O–H groups in total. The summed E-state index contributed by atoms with van der Waals surface area (Å²) in [5, 5.41) is 6.69. The summed E-state index contributed by atoms with van der Waals surface area (Å²) in [5.74, 6) is 1.000. The fourth-order valence-electron chi connectivity index (χ4n) is 3.57. The van der Waals surface area contributed by atoms with Gasteiger partial charge in [-0.15, -0.1) is 0 Å². The molecule has 28 heavy (non-hydrogen) atoms. The molecule has 0 aromatic heterocycles. The summed E-state index contributed by atoms with van der Waals surface area (Å²) in [6.07, 6.45) is 3.14. The molecule has 0 saturated carbocycles. The zero-order valence-corrected chi connectivity index (χ0v) is 16.5. The second-order valence-electron chi connectivity index (χ2n) is 7.13. The fourth-order valence-corrected chi connectivity index (χ4v) is 3.57. The SMILES string of the molecule is CCNC(=NCC1CCCOC1c1ccccc1)NCCc1ccc(F)cc1. The standard InChI is InChI=1S/C23H30FN3O/c1-2-25-23(26-15-14-18-10-12-21(24)13-11-18)27-17-20-9-6-16-28-22(20)19-7-4-3-5-8-19/h3-5,7-8,10-13,20,22H,2,6,9,14-17H2,1H3,(H2,25,26,27). The van der Waals surface area contributed by atoms with Gasteiger partial charge >= 0.3 is 0 Å². The Balaban J connectivity index is 1.56. The van der Waals surface area contributed by atoms with Crippen LogP contribution in [0, 0.1) is 11.7 Å². The molecule has 0 amide bonds. The summed E-state index contributed by atoms with van der Waals surface area (Å²) in [7, 11) is 0. The second-order valence-corrected chi connectivity index (χ2v) is 7.13. The Labute approximate surface area is 167 Å². The predicted octanol–water partition coefficient (Wildman–Crippen LogP) is 4.09. The number of rotatable bonds is 7. The van der Waals surface area contributed by atoms with E-state index in [1.54, 1.807) is 0 Å². The van der Waals surface area contributed by atoms with Crippen molar-refractivity contribution < 1.29 is 9.13 Å². The van der Waals surface area contributed by atoms with Gasteiger partial charge in [-0.1, -0.05) is 42.5 Å². The fraction of sp³-hybridized carbons (Fsp3) is 0.435. The summed E-state index contributed by atoms with van der Waals surface area (Å²) in [4.78, 5) is 4.81. The van der Waals surface area contributed by atoms with Crippen molar-refractivity contribution in [2.24, 2.45) is 10.9 Å². The van der Waals surface area contributed by atoms with E-state index in [0.717, 1.165) is 57.0 Å². The van der Waals surface area contributed by atoms with E-state index in [-0.39, 0.29) is 11.9 Å². The summed E-state index contributed by atoms with van der Waals surface area (Å²) < 4.78 is 19.1. The molecule has 1 fully saturated rings. The smallest absolute Gasteiger partial charge is 0.191 e. The molecule has 5 heteroatoms. The van der Waals surface area contributed by atoms with E-state index >= 15 is 0 Å². The highest BCUT2D eigenvalue weighted by Gasteiger charge is 2.27. The highest BCUT2D eigenvalue weighted by atomic mass is 19.1. The molecule has 4 nitrogen and oxygen atoms in total. The van der Waals surface area contributed by atoms with Crippen molar-refractivity contribution in [1.82, 2.24) is 10.6 Å². The Morgan fingerprint density at radius 2 is 1.89 bits per heavy atom. The molecule has 2 aromatic carbocycles. The van der Waals surface area contributed by atoms with Crippen molar-refractivity contribution >= 4 is 5.96 Å². The number of nitrogens with zero attached hydrogens (tertiary/aromatic N) is 1. The number of halogens is 1. The minimum Gasteiger partial charge on any atom is -0.373 e. The van der Waals surface area contributed by atoms with Crippen LogP contribution in [0.5, 0.6) is 0 Å². The lowest BCUT2D eigenvalue weighted by molar-refractivity contribution is -0.0250. The van der Waals surface area contributed by atoms with Gasteiger partial charge in [0.15, 0.2) is 5.96 Å². The maximum atomic E-state index is 13.0. The van der Waals surface area contributed by atoms with E-state index in [2.05, 4.69) is 41.8 Å². The number of nitrogens with one attached hydrogen (secondary N) is 2. The Morgan fingerprint density at radius 1 is 1.11 bits per heavy atom. The number of aliphatic imine (C=N–C) groups is 1. The normalized spacial score (nSPS) is 20.0. The van der Waals surface area contributed by atoms with E-state index in [9.17, 15) is 4.39 Å². The molecule has 2 atom stereocenters. The van der Waals surface area contributed by atoms with Gasteiger partial charge in [0.1, 0.15) is 5.82 Å². The highest BCUT2D eigenvalue weighted by Crippen LogP contribution is 2.33. The molecule has 3 rings (SSSR count). The first kappa shape index (κ1) is 20.3. The molecule has 2 aromatic rings. The predicted molar refractivity (Wildman–Crippen MR) is 112 cm³/mol. The molecule has 1 saturated heterocycles. The van der Waals surface area contributed by atoms with Crippen molar-refractivity contribution in [2.45, 2.75) is 32.3 Å². The van der Waals surface area contributed by atoms with Crippen molar-refractivity contribution in [1.29, 1.82) is 0 Å². The molecule has 1 aliphatic heterocycles. The summed E-state index contributed by atoms with van der Waals surface area (Å²) in [6, 6.07) is 17.1. The third-order valence-electron chi connectivity index (χ3n) is 5.02. The third-order valence-corrected chi connectivity index (χ3v) is 5.02. The Kier molecular flexibility index (Phi) is 7.85. The Bertz CT molecular complexity index is 733. The van der Waals surface area contributed by atoms with Gasteiger partial charge in [-0.2, -0.15) is 0 Å². The van der Waals surface area contributed by atoms with Gasteiger partial charge in [0.25, 0.3) is 0 Å². The number of hydrogen-bond acceptors (Lipinski definition) is 2. The quantitative estimate of drug-likeness (QED) is 0.559. The van der Waals surface area contributed by atoms with Gasteiger partial charge in [-0.25, -0.2) is 4.39 Å². The average molecular weight is 384 g/mol. The molecule has 1 aliphatic rings. The van der Waals surface area contributed by atoms with Crippen LogP contribution in [0.1, 0.15) is 37.0 Å². The van der Waals surface area contributed by atoms with Gasteiger partial charge in [-0.05, 0) is 49.4 Å². The molecule has 0 spiro atoms. The molecule has 1 heterocycles. The van der Waals surface area contributed by atoms with E-state index in [1.165, 1.54) is 17.7 Å². The van der Waals surface area contributed by atoms with Crippen LogP contribution in [0.4, 0.5) is 4.39 Å². The van der Waals surface area contributed by atoms with Crippen LogP contribution in [0.3, 0.4) is 0 Å². The van der Waals surface area contributed by atoms with Crippen molar-refractivity contribution in [3.8, 4) is 0 Å². The van der Waals surface area contributed by atoms with Gasteiger partial charge in [0.2, 0.25) is 0 Å². The van der Waals surface area contributed by atoms with Crippen molar-refractivity contribution in [2.75, 3.05) is 26.2 Å². The van der Waals surface area contributed by atoms with E-state index < -0.39 is 0 Å². The van der Waals surface area contributed by atoms with Crippen LogP contribution in [0.2, 0.25) is 0 Å². The Morgan fingerprint density at radius 3 is 2.64 bits per heavy atom. The van der Waals surface area contributed by atoms with Crippen LogP contribution < -0.4 is 10.6 Å². The molecule has 0 aliphatic carbocycles. The minimum atomic E-state index is -0.200. The molecular formula is C23H30FN3O. The number of hydrogen-bond donors (Lipinski definition) is 2. The average Bonchev–Trinajstić information content (AvgIpc) is 2.74. The summed E-state index contributed by atoms with van der Waals surface area (Å²) >= 11 is 0. The molecule has 0 radical (unpaired) electrons. The van der Waals surface area contributed by atoms with Gasteiger partial charge < -0.3 is 15.4 Å². The maximum Gasteiger partial charge on any atom is 0.191 e. The lowest BCUT2D eigenvalue weighted by Crippen LogP contribution is -2.39. The molecule has 150 valence electrons. The zero-order chi connectivity index (χ0) is 19.6. The highest BCUT2D eigenvalue weighted by molar-refractivity contribution is 5.79. The molecular weight excluding hydrogens is 353 g/mol. The lowest BCUT2D eigenvalue weighted by atomic mass is 9.89. The number of ether oxygens (including phenoxy) is 1. The van der Waals surface area contributed by atoms with Crippen LogP contribution in [-0.4, -0.2) is 32.2 Å². The number of guanidine groups is 1. The molecule has 2 unspecified atom stereocenters. The first-order valence-corrected chi connectivity index (χ1v) is 10.2. The maximum absolute atomic E-state index is 13.0. The zero-order valence-electron chi connectivity index (χ0n) is 16.5. The van der Waals surface area contributed by atoms with E-state index in [0.29, 0.717) is 5.92 Å². The summed E-state index contributed by atoms with van der Waals surface area (Å²) in [5.41, 5.74) is 2.34. The first-order chi connectivity index (χ1) is 13.8. The second kappa shape index (κ2) is 10.8. The van der Waals surface area contributed by atoms with Crippen LogP contribution in [-0.2, 0) is 11.2 Å². The Hall–Kier alpha value is -2.40. The van der Waals surface area contributed by atoms with Crippen molar-refractivity contribution in [3.63, 3.8) is 0 Å². The molecule has 0 bridgehead atoms. The summed E-state index contributed by atoms with van der Waals surface area (Å²) in [6.45, 7) is 5.17. The van der Waals surface area contributed by atoms with E-state index in [4.69, 9.17) is 9.73 Å². The van der Waals surface area contributed by atoms with Gasteiger partial charge in [-0.3, -0.25) is 4.99 Å².